The van der Waals surface area contributed by atoms with Crippen molar-refractivity contribution in [1.82, 2.24) is 10.6 Å². The van der Waals surface area contributed by atoms with Crippen LogP contribution in [0, 0.1) is 0 Å². The minimum absolute atomic E-state index is 0.127. The van der Waals surface area contributed by atoms with E-state index in [1.807, 2.05) is 6.92 Å². The van der Waals surface area contributed by atoms with Crippen LogP contribution in [-0.4, -0.2) is 38.1 Å². The number of rotatable bonds is 5. The quantitative estimate of drug-likeness (QED) is 0.558. The number of likely N-dealkylation sites (N-methyl/N-ethyl adjacent to an activating group) is 1. The molecule has 0 aliphatic rings. The van der Waals surface area contributed by atoms with Crippen LogP contribution in [0.3, 0.4) is 0 Å². The Bertz CT molecular complexity index is 182. The van der Waals surface area contributed by atoms with Crippen LogP contribution >= 0.6 is 0 Å². The van der Waals surface area contributed by atoms with E-state index < -0.39 is 6.04 Å². The van der Waals surface area contributed by atoms with Crippen molar-refractivity contribution in [3.05, 3.63) is 0 Å². The lowest BCUT2D eigenvalue weighted by Crippen LogP contribution is -2.41. The molecule has 76 valence electrons. The van der Waals surface area contributed by atoms with Crippen molar-refractivity contribution in [3.63, 3.8) is 0 Å². The molecule has 1 amide bonds. The maximum Gasteiger partial charge on any atom is 0.322 e. The number of hydrogen-bond acceptors (Lipinski definition) is 4. The molecule has 0 aromatic rings. The normalized spacial score (nSPS) is 11.9. The number of hydrogen-bond donors (Lipinski definition) is 2. The highest BCUT2D eigenvalue weighted by Crippen LogP contribution is 1.84. The lowest BCUT2D eigenvalue weighted by Gasteiger charge is -2.10. The number of ether oxygens (including phenoxy) is 1. The zero-order valence-electron chi connectivity index (χ0n) is 8.22. The van der Waals surface area contributed by atoms with Gasteiger partial charge in [-0.05, 0) is 13.8 Å². The van der Waals surface area contributed by atoms with Gasteiger partial charge >= 0.3 is 5.97 Å². The van der Waals surface area contributed by atoms with Crippen molar-refractivity contribution in [2.75, 3.05) is 20.2 Å². The molecule has 0 heterocycles. The van der Waals surface area contributed by atoms with Gasteiger partial charge in [-0.15, -0.1) is 0 Å². The molecule has 0 spiro atoms. The van der Waals surface area contributed by atoms with E-state index in [4.69, 9.17) is 0 Å². The van der Waals surface area contributed by atoms with Crippen molar-refractivity contribution < 1.29 is 14.3 Å². The summed E-state index contributed by atoms with van der Waals surface area (Å²) in [7, 11) is 1.31. The second-order valence-electron chi connectivity index (χ2n) is 2.58. The highest BCUT2D eigenvalue weighted by molar-refractivity contribution is 5.80. The molecule has 2 N–H and O–H groups in total. The fourth-order valence-corrected chi connectivity index (χ4v) is 0.766. The topological polar surface area (TPSA) is 67.4 Å². The summed E-state index contributed by atoms with van der Waals surface area (Å²) in [5.41, 5.74) is 0. The number of carbonyl (C=O) groups is 2. The average Bonchev–Trinajstić information content (AvgIpc) is 2.13. The van der Waals surface area contributed by atoms with Gasteiger partial charge in [-0.2, -0.15) is 0 Å². The molecular formula is C8H16N2O3. The first-order chi connectivity index (χ1) is 6.11. The Morgan fingerprint density at radius 3 is 2.54 bits per heavy atom. The highest BCUT2D eigenvalue weighted by atomic mass is 16.5. The zero-order chi connectivity index (χ0) is 10.3. The number of amides is 1. The molecule has 5 nitrogen and oxygen atoms in total. The van der Waals surface area contributed by atoms with Gasteiger partial charge in [0, 0.05) is 6.54 Å². The molecule has 0 rings (SSSR count). The molecule has 0 saturated carbocycles. The monoisotopic (exact) mass is 188 g/mol. The molecule has 0 radical (unpaired) electrons. The van der Waals surface area contributed by atoms with Gasteiger partial charge in [0.05, 0.1) is 13.7 Å². The average molecular weight is 188 g/mol. The predicted octanol–water partition coefficient (Wildman–Crippen LogP) is -0.726. The Kier molecular flexibility index (Phi) is 5.88. The van der Waals surface area contributed by atoms with E-state index in [2.05, 4.69) is 15.4 Å². The first-order valence-electron chi connectivity index (χ1n) is 4.19. The standard InChI is InChI=1S/C8H16N2O3/c1-4-9-7(11)5-10-6(2)8(12)13-3/h6,10H,4-5H2,1-3H3,(H,9,11)/t6-/m0/s1. The zero-order valence-corrected chi connectivity index (χ0v) is 8.22. The summed E-state index contributed by atoms with van der Waals surface area (Å²) in [6.07, 6.45) is 0. The Morgan fingerprint density at radius 2 is 2.08 bits per heavy atom. The molecule has 0 unspecified atom stereocenters. The van der Waals surface area contributed by atoms with Gasteiger partial charge in [-0.1, -0.05) is 0 Å². The molecule has 0 aromatic carbocycles. The molecule has 13 heavy (non-hydrogen) atoms. The van der Waals surface area contributed by atoms with Crippen molar-refractivity contribution in [3.8, 4) is 0 Å². The third kappa shape index (κ3) is 5.19. The van der Waals surface area contributed by atoms with Gasteiger partial charge in [0.1, 0.15) is 6.04 Å². The summed E-state index contributed by atoms with van der Waals surface area (Å²) < 4.78 is 4.47. The smallest absolute Gasteiger partial charge is 0.322 e. The second kappa shape index (κ2) is 6.42. The summed E-state index contributed by atoms with van der Waals surface area (Å²) in [5.74, 6) is -0.498. The van der Waals surface area contributed by atoms with E-state index in [1.165, 1.54) is 7.11 Å². The van der Waals surface area contributed by atoms with E-state index in [9.17, 15) is 9.59 Å². The molecule has 0 aliphatic carbocycles. The van der Waals surface area contributed by atoms with Crippen molar-refractivity contribution in [2.45, 2.75) is 19.9 Å². The summed E-state index contributed by atoms with van der Waals surface area (Å²) in [4.78, 5) is 21.8. The first kappa shape index (κ1) is 11.9. The number of esters is 1. The van der Waals surface area contributed by atoms with Crippen LogP contribution in [0.4, 0.5) is 0 Å². The summed E-state index contributed by atoms with van der Waals surface area (Å²) in [5, 5.41) is 5.34. The van der Waals surface area contributed by atoms with Crippen LogP contribution < -0.4 is 10.6 Å². The molecule has 0 bridgehead atoms. The van der Waals surface area contributed by atoms with Crippen LogP contribution in [0.5, 0.6) is 0 Å². The Morgan fingerprint density at radius 1 is 1.46 bits per heavy atom. The third-order valence-corrected chi connectivity index (χ3v) is 1.50. The molecule has 0 aromatic heterocycles. The van der Waals surface area contributed by atoms with Gasteiger partial charge in [0.15, 0.2) is 0 Å². The fourth-order valence-electron chi connectivity index (χ4n) is 0.766. The van der Waals surface area contributed by atoms with E-state index in [1.54, 1.807) is 6.92 Å². The lowest BCUT2D eigenvalue weighted by molar-refractivity contribution is -0.142. The number of carbonyl (C=O) groups excluding carboxylic acids is 2. The van der Waals surface area contributed by atoms with E-state index in [0.29, 0.717) is 6.54 Å². The second-order valence-corrected chi connectivity index (χ2v) is 2.58. The Hall–Kier alpha value is -1.10. The molecule has 0 fully saturated rings. The van der Waals surface area contributed by atoms with Crippen molar-refractivity contribution in [2.24, 2.45) is 0 Å². The predicted molar refractivity (Wildman–Crippen MR) is 48.2 cm³/mol. The van der Waals surface area contributed by atoms with Crippen LogP contribution in [-0.2, 0) is 14.3 Å². The van der Waals surface area contributed by atoms with Crippen molar-refractivity contribution in [1.29, 1.82) is 0 Å². The maximum absolute atomic E-state index is 10.9. The number of methoxy groups -OCH3 is 1. The van der Waals surface area contributed by atoms with E-state index >= 15 is 0 Å². The minimum atomic E-state index is -0.451. The fraction of sp³-hybridized carbons (Fsp3) is 0.750. The van der Waals surface area contributed by atoms with Crippen LogP contribution in [0.15, 0.2) is 0 Å². The Labute approximate surface area is 77.8 Å². The van der Waals surface area contributed by atoms with E-state index in [-0.39, 0.29) is 18.4 Å². The highest BCUT2D eigenvalue weighted by Gasteiger charge is 2.12. The molecule has 1 atom stereocenters. The van der Waals surface area contributed by atoms with Gasteiger partial charge in [0.2, 0.25) is 5.91 Å². The first-order valence-corrected chi connectivity index (χ1v) is 4.19. The SMILES string of the molecule is CCNC(=O)CN[C@@H](C)C(=O)OC. The third-order valence-electron chi connectivity index (χ3n) is 1.50. The lowest BCUT2D eigenvalue weighted by atomic mass is 10.3. The van der Waals surface area contributed by atoms with Crippen LogP contribution in [0.1, 0.15) is 13.8 Å². The van der Waals surface area contributed by atoms with Crippen molar-refractivity contribution >= 4 is 11.9 Å². The van der Waals surface area contributed by atoms with Gasteiger partial charge in [-0.25, -0.2) is 0 Å². The molecule has 5 heteroatoms. The number of nitrogens with one attached hydrogen (secondary N) is 2. The summed E-state index contributed by atoms with van der Waals surface area (Å²) >= 11 is 0. The van der Waals surface area contributed by atoms with E-state index in [0.717, 1.165) is 0 Å². The summed E-state index contributed by atoms with van der Waals surface area (Å²) in [6, 6.07) is -0.451. The van der Waals surface area contributed by atoms with Crippen LogP contribution in [0.25, 0.3) is 0 Å². The van der Waals surface area contributed by atoms with Crippen LogP contribution in [0.2, 0.25) is 0 Å². The summed E-state index contributed by atoms with van der Waals surface area (Å²) in [6.45, 7) is 4.20. The van der Waals surface area contributed by atoms with Gasteiger partial charge in [0.25, 0.3) is 0 Å². The largest absolute Gasteiger partial charge is 0.468 e. The molecule has 0 aliphatic heterocycles. The molecular weight excluding hydrogens is 172 g/mol. The van der Waals surface area contributed by atoms with Gasteiger partial charge in [-0.3, -0.25) is 14.9 Å². The molecule has 0 saturated heterocycles. The Balaban J connectivity index is 3.63. The van der Waals surface area contributed by atoms with Gasteiger partial charge < -0.3 is 10.1 Å². The maximum atomic E-state index is 10.9. The minimum Gasteiger partial charge on any atom is -0.468 e.